The highest BCUT2D eigenvalue weighted by Crippen LogP contribution is 2.33. The molecule has 5 nitrogen and oxygen atoms in total. The van der Waals surface area contributed by atoms with E-state index in [0.717, 1.165) is 50.8 Å². The lowest BCUT2D eigenvalue weighted by molar-refractivity contribution is -0.131. The van der Waals surface area contributed by atoms with Crippen LogP contribution in [0.15, 0.2) is 24.3 Å². The number of amides is 1. The summed E-state index contributed by atoms with van der Waals surface area (Å²) in [6.07, 6.45) is 6.20. The molecule has 1 saturated carbocycles. The molecule has 1 aliphatic heterocycles. The number of hydrogen-bond acceptors (Lipinski definition) is 4. The summed E-state index contributed by atoms with van der Waals surface area (Å²) < 4.78 is 5.21. The van der Waals surface area contributed by atoms with E-state index in [1.165, 1.54) is 5.56 Å². The molecule has 0 spiro atoms. The Morgan fingerprint density at radius 2 is 2.00 bits per heavy atom. The predicted molar refractivity (Wildman–Crippen MR) is 93.0 cm³/mol. The summed E-state index contributed by atoms with van der Waals surface area (Å²) in [7, 11) is 1.66. The van der Waals surface area contributed by atoms with Gasteiger partial charge in [0.15, 0.2) is 0 Å². The van der Waals surface area contributed by atoms with Gasteiger partial charge in [0.2, 0.25) is 5.91 Å². The van der Waals surface area contributed by atoms with E-state index in [2.05, 4.69) is 17.4 Å². The number of aliphatic hydroxyl groups excluding tert-OH is 1. The van der Waals surface area contributed by atoms with Gasteiger partial charge < -0.3 is 20.1 Å². The van der Waals surface area contributed by atoms with Crippen molar-refractivity contribution in [3.63, 3.8) is 0 Å². The largest absolute Gasteiger partial charge is 0.497 e. The zero-order chi connectivity index (χ0) is 17.0. The number of nitrogens with one attached hydrogen (secondary N) is 1. The Morgan fingerprint density at radius 1 is 1.29 bits per heavy atom. The number of hydrogen-bond donors (Lipinski definition) is 2. The summed E-state index contributed by atoms with van der Waals surface area (Å²) in [6, 6.07) is 8.16. The molecular formula is C19H28N2O3. The molecule has 1 aromatic carbocycles. The first kappa shape index (κ1) is 17.2. The zero-order valence-corrected chi connectivity index (χ0v) is 14.5. The van der Waals surface area contributed by atoms with E-state index in [9.17, 15) is 9.90 Å². The third kappa shape index (κ3) is 3.57. The Hall–Kier alpha value is -1.59. The van der Waals surface area contributed by atoms with E-state index in [0.29, 0.717) is 6.54 Å². The fourth-order valence-electron chi connectivity index (χ4n) is 4.05. The molecule has 1 heterocycles. The van der Waals surface area contributed by atoms with Crippen molar-refractivity contribution in [3.05, 3.63) is 29.8 Å². The van der Waals surface area contributed by atoms with Crippen LogP contribution in [0, 0.1) is 0 Å². The van der Waals surface area contributed by atoms with Gasteiger partial charge in [0.25, 0.3) is 0 Å². The molecule has 2 fully saturated rings. The van der Waals surface area contributed by atoms with E-state index in [1.807, 2.05) is 17.0 Å². The maximum atomic E-state index is 12.7. The van der Waals surface area contributed by atoms with Crippen LogP contribution in [0.2, 0.25) is 0 Å². The van der Waals surface area contributed by atoms with Gasteiger partial charge in [-0.05, 0) is 43.4 Å². The molecule has 2 N–H and O–H groups in total. The van der Waals surface area contributed by atoms with Gasteiger partial charge in [0.05, 0.1) is 26.3 Å². The minimum absolute atomic E-state index is 0.113. The number of methoxy groups -OCH3 is 1. The van der Waals surface area contributed by atoms with Crippen LogP contribution in [0.3, 0.4) is 0 Å². The second kappa shape index (κ2) is 7.53. The molecule has 5 heteroatoms. The molecular weight excluding hydrogens is 304 g/mol. The fourth-order valence-corrected chi connectivity index (χ4v) is 4.05. The maximum absolute atomic E-state index is 12.7. The van der Waals surface area contributed by atoms with Gasteiger partial charge in [-0.25, -0.2) is 0 Å². The summed E-state index contributed by atoms with van der Waals surface area (Å²) in [4.78, 5) is 14.7. The first-order valence-electron chi connectivity index (χ1n) is 8.97. The van der Waals surface area contributed by atoms with Crippen LogP contribution >= 0.6 is 0 Å². The minimum Gasteiger partial charge on any atom is -0.497 e. The minimum atomic E-state index is -0.245. The van der Waals surface area contributed by atoms with E-state index >= 15 is 0 Å². The van der Waals surface area contributed by atoms with Gasteiger partial charge in [-0.3, -0.25) is 4.79 Å². The molecule has 132 valence electrons. The van der Waals surface area contributed by atoms with Crippen LogP contribution in [0.5, 0.6) is 5.75 Å². The average Bonchev–Trinajstić information content (AvgIpc) is 3.30. The third-order valence-electron chi connectivity index (χ3n) is 5.55. The number of benzene rings is 1. The Kier molecular flexibility index (Phi) is 5.41. The van der Waals surface area contributed by atoms with Crippen molar-refractivity contribution >= 4 is 5.91 Å². The monoisotopic (exact) mass is 332 g/mol. The van der Waals surface area contributed by atoms with E-state index in [1.54, 1.807) is 7.11 Å². The third-order valence-corrected chi connectivity index (χ3v) is 5.55. The molecule has 0 bridgehead atoms. The SMILES string of the molecule is COc1ccc(C2CCCN2C(=O)CNC2(CO)CCCC2)cc1. The summed E-state index contributed by atoms with van der Waals surface area (Å²) >= 11 is 0. The van der Waals surface area contributed by atoms with E-state index in [4.69, 9.17) is 4.74 Å². The first-order valence-corrected chi connectivity index (χ1v) is 8.97. The van der Waals surface area contributed by atoms with Gasteiger partial charge in [-0.1, -0.05) is 25.0 Å². The number of likely N-dealkylation sites (tertiary alicyclic amines) is 1. The summed E-state index contributed by atoms with van der Waals surface area (Å²) in [5.41, 5.74) is 0.921. The summed E-state index contributed by atoms with van der Waals surface area (Å²) in [6.45, 7) is 1.23. The van der Waals surface area contributed by atoms with E-state index < -0.39 is 0 Å². The van der Waals surface area contributed by atoms with Crippen molar-refractivity contribution in [2.45, 2.75) is 50.1 Å². The summed E-state index contributed by atoms with van der Waals surface area (Å²) in [5.74, 6) is 0.968. The van der Waals surface area contributed by atoms with Gasteiger partial charge in [-0.15, -0.1) is 0 Å². The van der Waals surface area contributed by atoms with Crippen LogP contribution in [-0.4, -0.2) is 48.3 Å². The molecule has 1 amide bonds. The molecule has 1 aromatic rings. The Morgan fingerprint density at radius 3 is 2.62 bits per heavy atom. The zero-order valence-electron chi connectivity index (χ0n) is 14.5. The molecule has 1 saturated heterocycles. The first-order chi connectivity index (χ1) is 11.7. The molecule has 1 atom stereocenters. The molecule has 3 rings (SSSR count). The van der Waals surface area contributed by atoms with Gasteiger partial charge in [0, 0.05) is 12.1 Å². The molecule has 24 heavy (non-hydrogen) atoms. The lowest BCUT2D eigenvalue weighted by Crippen LogP contribution is -2.50. The Labute approximate surface area is 144 Å². The fraction of sp³-hybridized carbons (Fsp3) is 0.632. The van der Waals surface area contributed by atoms with Gasteiger partial charge in [-0.2, -0.15) is 0 Å². The van der Waals surface area contributed by atoms with Crippen molar-refractivity contribution in [2.24, 2.45) is 0 Å². The van der Waals surface area contributed by atoms with Crippen molar-refractivity contribution < 1.29 is 14.6 Å². The number of carbonyl (C=O) groups excluding carboxylic acids is 1. The maximum Gasteiger partial charge on any atom is 0.237 e. The predicted octanol–water partition coefficient (Wildman–Crippen LogP) is 2.25. The molecule has 2 aliphatic rings. The summed E-state index contributed by atoms with van der Waals surface area (Å²) in [5, 5.41) is 13.0. The van der Waals surface area contributed by atoms with Gasteiger partial charge >= 0.3 is 0 Å². The van der Waals surface area contributed by atoms with Crippen molar-refractivity contribution in [3.8, 4) is 5.75 Å². The Balaban J connectivity index is 1.62. The molecule has 1 aliphatic carbocycles. The van der Waals surface area contributed by atoms with Crippen molar-refractivity contribution in [2.75, 3.05) is 26.8 Å². The second-order valence-electron chi connectivity index (χ2n) is 7.02. The van der Waals surface area contributed by atoms with Gasteiger partial charge in [0.1, 0.15) is 5.75 Å². The number of carbonyl (C=O) groups is 1. The van der Waals surface area contributed by atoms with Crippen LogP contribution in [0.25, 0.3) is 0 Å². The van der Waals surface area contributed by atoms with Crippen molar-refractivity contribution in [1.29, 1.82) is 0 Å². The number of aliphatic hydroxyl groups is 1. The topological polar surface area (TPSA) is 61.8 Å². The van der Waals surface area contributed by atoms with Crippen LogP contribution in [-0.2, 0) is 4.79 Å². The van der Waals surface area contributed by atoms with Crippen LogP contribution in [0.1, 0.15) is 50.1 Å². The highest BCUT2D eigenvalue weighted by molar-refractivity contribution is 5.79. The Bertz CT molecular complexity index is 552. The normalized spacial score (nSPS) is 22.8. The molecule has 0 radical (unpaired) electrons. The molecule has 1 unspecified atom stereocenters. The molecule has 0 aromatic heterocycles. The van der Waals surface area contributed by atoms with Crippen LogP contribution < -0.4 is 10.1 Å². The standard InChI is InChI=1S/C19H28N2O3/c1-24-16-8-6-15(7-9-16)17-5-4-12-21(17)18(23)13-20-19(14-22)10-2-3-11-19/h6-9,17,20,22H,2-5,10-14H2,1H3. The average molecular weight is 332 g/mol. The van der Waals surface area contributed by atoms with Crippen molar-refractivity contribution in [1.82, 2.24) is 10.2 Å². The lowest BCUT2D eigenvalue weighted by Gasteiger charge is -2.31. The van der Waals surface area contributed by atoms with Crippen LogP contribution in [0.4, 0.5) is 0 Å². The highest BCUT2D eigenvalue weighted by atomic mass is 16.5. The van der Waals surface area contributed by atoms with E-state index in [-0.39, 0.29) is 24.1 Å². The number of rotatable bonds is 6. The quantitative estimate of drug-likeness (QED) is 0.839. The number of nitrogens with zero attached hydrogens (tertiary/aromatic N) is 1. The lowest BCUT2D eigenvalue weighted by atomic mass is 9.99. The second-order valence-corrected chi connectivity index (χ2v) is 7.02. The highest BCUT2D eigenvalue weighted by Gasteiger charge is 2.35. The number of ether oxygens (including phenoxy) is 1. The smallest absolute Gasteiger partial charge is 0.237 e.